The van der Waals surface area contributed by atoms with Gasteiger partial charge in [0, 0.05) is 30.4 Å². The molecule has 4 rings (SSSR count). The molecule has 1 heterocycles. The molecule has 3 aromatic carbocycles. The van der Waals surface area contributed by atoms with Crippen LogP contribution in [0.3, 0.4) is 0 Å². The molecule has 0 saturated carbocycles. The normalized spacial score (nSPS) is 10.4. The molecule has 0 fully saturated rings. The van der Waals surface area contributed by atoms with E-state index in [0.29, 0.717) is 23.1 Å². The number of para-hydroxylation sites is 1. The summed E-state index contributed by atoms with van der Waals surface area (Å²) in [5, 5.41) is 3.10. The summed E-state index contributed by atoms with van der Waals surface area (Å²) in [6.07, 6.45) is 0. The fourth-order valence-electron chi connectivity index (χ4n) is 2.82. The highest BCUT2D eigenvalue weighted by Gasteiger charge is 2.08. The van der Waals surface area contributed by atoms with Gasteiger partial charge in [-0.2, -0.15) is 0 Å². The van der Waals surface area contributed by atoms with Crippen molar-refractivity contribution < 1.29 is 13.9 Å². The molecule has 144 valence electrons. The standard InChI is InChI=1S/C24H19FN2O2/c1-26-19-14-23(17-10-12-18(25)13-11-17)27-24(15-19)29-22-9-5-8-21(16-22)28-20-6-3-2-4-7-20/h2-16H,1H3,(H,26,27). The minimum Gasteiger partial charge on any atom is -0.457 e. The van der Waals surface area contributed by atoms with Crippen molar-refractivity contribution in [3.05, 3.63) is 96.8 Å². The number of hydrogen-bond acceptors (Lipinski definition) is 4. The first kappa shape index (κ1) is 18.5. The number of anilines is 1. The molecule has 1 aromatic heterocycles. The van der Waals surface area contributed by atoms with Crippen LogP contribution >= 0.6 is 0 Å². The molecule has 0 spiro atoms. The van der Waals surface area contributed by atoms with Gasteiger partial charge in [-0.25, -0.2) is 9.37 Å². The Morgan fingerprint density at radius 2 is 1.41 bits per heavy atom. The molecule has 0 unspecified atom stereocenters. The number of aromatic nitrogens is 1. The fraction of sp³-hybridized carbons (Fsp3) is 0.0417. The topological polar surface area (TPSA) is 43.4 Å². The number of nitrogens with one attached hydrogen (secondary N) is 1. The van der Waals surface area contributed by atoms with Gasteiger partial charge in [0.25, 0.3) is 0 Å². The minimum absolute atomic E-state index is 0.287. The zero-order valence-electron chi connectivity index (χ0n) is 15.8. The van der Waals surface area contributed by atoms with Crippen LogP contribution in [0.15, 0.2) is 91.0 Å². The van der Waals surface area contributed by atoms with Gasteiger partial charge >= 0.3 is 0 Å². The summed E-state index contributed by atoms with van der Waals surface area (Å²) in [7, 11) is 1.82. The molecule has 4 nitrogen and oxygen atoms in total. The molecule has 0 atom stereocenters. The van der Waals surface area contributed by atoms with Gasteiger partial charge in [-0.1, -0.05) is 24.3 Å². The lowest BCUT2D eigenvalue weighted by Crippen LogP contribution is -1.95. The van der Waals surface area contributed by atoms with E-state index in [-0.39, 0.29) is 5.82 Å². The zero-order valence-corrected chi connectivity index (χ0v) is 15.8. The van der Waals surface area contributed by atoms with E-state index in [4.69, 9.17) is 9.47 Å². The lowest BCUT2D eigenvalue weighted by molar-refractivity contribution is 0.450. The van der Waals surface area contributed by atoms with E-state index in [9.17, 15) is 4.39 Å². The third-order valence-electron chi connectivity index (χ3n) is 4.24. The maximum absolute atomic E-state index is 13.2. The molecule has 4 aromatic rings. The Morgan fingerprint density at radius 1 is 0.724 bits per heavy atom. The van der Waals surface area contributed by atoms with E-state index in [1.54, 1.807) is 24.3 Å². The maximum atomic E-state index is 13.2. The van der Waals surface area contributed by atoms with Gasteiger partial charge in [0.15, 0.2) is 0 Å². The molecule has 5 heteroatoms. The number of hydrogen-bond donors (Lipinski definition) is 1. The highest BCUT2D eigenvalue weighted by Crippen LogP contribution is 2.30. The molecule has 0 radical (unpaired) electrons. The Kier molecular flexibility index (Phi) is 5.38. The fourth-order valence-corrected chi connectivity index (χ4v) is 2.82. The summed E-state index contributed by atoms with van der Waals surface area (Å²) < 4.78 is 25.1. The number of benzene rings is 3. The van der Waals surface area contributed by atoms with Crippen LogP contribution in [0.5, 0.6) is 23.1 Å². The number of ether oxygens (including phenoxy) is 2. The van der Waals surface area contributed by atoms with Gasteiger partial charge in [-0.3, -0.25) is 0 Å². The third kappa shape index (κ3) is 4.71. The number of pyridine rings is 1. The van der Waals surface area contributed by atoms with Crippen molar-refractivity contribution in [2.24, 2.45) is 0 Å². The second-order valence-corrected chi connectivity index (χ2v) is 6.33. The summed E-state index contributed by atoms with van der Waals surface area (Å²) >= 11 is 0. The third-order valence-corrected chi connectivity index (χ3v) is 4.24. The quantitative estimate of drug-likeness (QED) is 0.410. The van der Waals surface area contributed by atoms with Gasteiger partial charge in [0.1, 0.15) is 23.1 Å². The summed E-state index contributed by atoms with van der Waals surface area (Å²) in [5.41, 5.74) is 2.32. The molecule has 0 saturated heterocycles. The van der Waals surface area contributed by atoms with Gasteiger partial charge < -0.3 is 14.8 Å². The second kappa shape index (κ2) is 8.44. The van der Waals surface area contributed by atoms with Crippen molar-refractivity contribution in [3.63, 3.8) is 0 Å². The average Bonchev–Trinajstić information content (AvgIpc) is 2.75. The van der Waals surface area contributed by atoms with Crippen LogP contribution in [0.4, 0.5) is 10.1 Å². The van der Waals surface area contributed by atoms with Crippen molar-refractivity contribution in [1.29, 1.82) is 0 Å². The van der Waals surface area contributed by atoms with Crippen LogP contribution in [-0.2, 0) is 0 Å². The average molecular weight is 386 g/mol. The Bertz CT molecular complexity index is 1100. The Labute approximate surface area is 168 Å². The smallest absolute Gasteiger partial charge is 0.221 e. The van der Waals surface area contributed by atoms with Gasteiger partial charge in [-0.05, 0) is 54.6 Å². The van der Waals surface area contributed by atoms with Crippen LogP contribution in [-0.4, -0.2) is 12.0 Å². The SMILES string of the molecule is CNc1cc(Oc2cccc(Oc3ccccc3)c2)nc(-c2ccc(F)cc2)c1. The first-order chi connectivity index (χ1) is 14.2. The number of rotatable bonds is 6. The summed E-state index contributed by atoms with van der Waals surface area (Å²) in [6.45, 7) is 0. The van der Waals surface area contributed by atoms with Crippen molar-refractivity contribution in [3.8, 4) is 34.4 Å². The lowest BCUT2D eigenvalue weighted by Gasteiger charge is -2.11. The molecule has 0 aliphatic rings. The zero-order chi connectivity index (χ0) is 20.1. The Morgan fingerprint density at radius 3 is 2.14 bits per heavy atom. The first-order valence-electron chi connectivity index (χ1n) is 9.16. The van der Waals surface area contributed by atoms with Crippen molar-refractivity contribution >= 4 is 5.69 Å². The molecule has 1 N–H and O–H groups in total. The van der Waals surface area contributed by atoms with Crippen LogP contribution in [0.2, 0.25) is 0 Å². The predicted molar refractivity (Wildman–Crippen MR) is 112 cm³/mol. The van der Waals surface area contributed by atoms with E-state index < -0.39 is 0 Å². The number of halogens is 1. The van der Waals surface area contributed by atoms with Crippen molar-refractivity contribution in [1.82, 2.24) is 4.98 Å². The predicted octanol–water partition coefficient (Wildman–Crippen LogP) is 6.51. The Balaban J connectivity index is 1.59. The largest absolute Gasteiger partial charge is 0.457 e. The van der Waals surface area contributed by atoms with Crippen molar-refractivity contribution in [2.45, 2.75) is 0 Å². The van der Waals surface area contributed by atoms with E-state index in [1.165, 1.54) is 12.1 Å². The molecular formula is C24H19FN2O2. The van der Waals surface area contributed by atoms with Crippen LogP contribution in [0.1, 0.15) is 0 Å². The molecule has 0 amide bonds. The van der Waals surface area contributed by atoms with Crippen LogP contribution in [0.25, 0.3) is 11.3 Å². The van der Waals surface area contributed by atoms with Crippen LogP contribution in [0, 0.1) is 5.82 Å². The number of nitrogens with zero attached hydrogens (tertiary/aromatic N) is 1. The minimum atomic E-state index is -0.287. The van der Waals surface area contributed by atoms with E-state index >= 15 is 0 Å². The highest BCUT2D eigenvalue weighted by molar-refractivity contribution is 5.65. The molecule has 0 aliphatic carbocycles. The van der Waals surface area contributed by atoms with Crippen molar-refractivity contribution in [2.75, 3.05) is 12.4 Å². The molecule has 0 bridgehead atoms. The molecule has 0 aliphatic heterocycles. The summed E-state index contributed by atoms with van der Waals surface area (Å²) in [5.74, 6) is 2.15. The Hall–Kier alpha value is -3.86. The van der Waals surface area contributed by atoms with Gasteiger partial charge in [0.05, 0.1) is 5.69 Å². The highest BCUT2D eigenvalue weighted by atomic mass is 19.1. The lowest BCUT2D eigenvalue weighted by atomic mass is 10.1. The summed E-state index contributed by atoms with van der Waals surface area (Å²) in [4.78, 5) is 4.56. The van der Waals surface area contributed by atoms with Gasteiger partial charge in [0.2, 0.25) is 5.88 Å². The molecular weight excluding hydrogens is 367 g/mol. The van der Waals surface area contributed by atoms with Crippen LogP contribution < -0.4 is 14.8 Å². The van der Waals surface area contributed by atoms with E-state index in [0.717, 1.165) is 17.0 Å². The van der Waals surface area contributed by atoms with E-state index in [1.807, 2.05) is 61.6 Å². The van der Waals surface area contributed by atoms with Gasteiger partial charge in [-0.15, -0.1) is 0 Å². The summed E-state index contributed by atoms with van der Waals surface area (Å²) in [6, 6.07) is 26.8. The first-order valence-corrected chi connectivity index (χ1v) is 9.16. The van der Waals surface area contributed by atoms with E-state index in [2.05, 4.69) is 10.3 Å². The monoisotopic (exact) mass is 386 g/mol. The second-order valence-electron chi connectivity index (χ2n) is 6.33. The maximum Gasteiger partial charge on any atom is 0.221 e. The molecule has 29 heavy (non-hydrogen) atoms.